The van der Waals surface area contributed by atoms with Crippen molar-refractivity contribution in [3.8, 4) is 0 Å². The molecule has 4 heteroatoms. The molecule has 0 amide bonds. The number of anilines is 1. The minimum Gasteiger partial charge on any atom is -0.367 e. The molecule has 1 fully saturated rings. The third-order valence-corrected chi connectivity index (χ3v) is 5.49. The number of halogens is 1. The van der Waals surface area contributed by atoms with E-state index >= 15 is 0 Å². The van der Waals surface area contributed by atoms with E-state index in [9.17, 15) is 0 Å². The lowest BCUT2D eigenvalue weighted by molar-refractivity contribution is 0.624. The first-order valence-electron chi connectivity index (χ1n) is 6.50. The second-order valence-electron chi connectivity index (χ2n) is 4.82. The Morgan fingerprint density at radius 1 is 1.44 bits per heavy atom. The maximum Gasteiger partial charge on any atom is 0.0413 e. The molecule has 0 aliphatic carbocycles. The largest absolute Gasteiger partial charge is 0.367 e. The van der Waals surface area contributed by atoms with Crippen molar-refractivity contribution in [3.05, 3.63) is 28.2 Å². The van der Waals surface area contributed by atoms with Crippen molar-refractivity contribution in [2.45, 2.75) is 31.6 Å². The highest BCUT2D eigenvalue weighted by Crippen LogP contribution is 2.33. The molecule has 18 heavy (non-hydrogen) atoms. The summed E-state index contributed by atoms with van der Waals surface area (Å²) in [6, 6.07) is 7.13. The average Bonchev–Trinajstić information content (AvgIpc) is 2.35. The molecule has 1 aliphatic rings. The SMILES string of the molecule is CC1SCCN(c2cc(Br)ccc2CCN)C1C. The van der Waals surface area contributed by atoms with Crippen molar-refractivity contribution in [3.63, 3.8) is 0 Å². The van der Waals surface area contributed by atoms with Crippen LogP contribution in [0.3, 0.4) is 0 Å². The normalized spacial score (nSPS) is 24.3. The molecule has 2 N–H and O–H groups in total. The predicted octanol–water partition coefficient (Wildman–Crippen LogP) is 3.28. The summed E-state index contributed by atoms with van der Waals surface area (Å²) < 4.78 is 1.15. The summed E-state index contributed by atoms with van der Waals surface area (Å²) in [5, 5.41) is 0.684. The third-order valence-electron chi connectivity index (χ3n) is 3.65. The number of rotatable bonds is 3. The summed E-state index contributed by atoms with van der Waals surface area (Å²) in [4.78, 5) is 2.54. The van der Waals surface area contributed by atoms with Crippen molar-refractivity contribution < 1.29 is 0 Å². The Bertz CT molecular complexity index is 411. The molecule has 0 aromatic heterocycles. The van der Waals surface area contributed by atoms with Gasteiger partial charge in [-0.15, -0.1) is 0 Å². The van der Waals surface area contributed by atoms with E-state index in [0.717, 1.165) is 17.4 Å². The maximum absolute atomic E-state index is 5.72. The van der Waals surface area contributed by atoms with Crippen molar-refractivity contribution in [1.82, 2.24) is 0 Å². The molecule has 2 atom stereocenters. The van der Waals surface area contributed by atoms with Crippen molar-refractivity contribution in [2.75, 3.05) is 23.7 Å². The van der Waals surface area contributed by atoms with Gasteiger partial charge >= 0.3 is 0 Å². The zero-order chi connectivity index (χ0) is 13.1. The van der Waals surface area contributed by atoms with Crippen LogP contribution in [0, 0.1) is 0 Å². The van der Waals surface area contributed by atoms with Gasteiger partial charge in [-0.05, 0) is 37.6 Å². The molecule has 1 aliphatic heterocycles. The molecule has 0 spiro atoms. The second kappa shape index (κ2) is 6.31. The Morgan fingerprint density at radius 3 is 2.94 bits per heavy atom. The fourth-order valence-electron chi connectivity index (χ4n) is 2.44. The second-order valence-corrected chi connectivity index (χ2v) is 7.22. The summed E-state index contributed by atoms with van der Waals surface area (Å²) in [7, 11) is 0. The van der Waals surface area contributed by atoms with Crippen LogP contribution >= 0.6 is 27.7 Å². The summed E-state index contributed by atoms with van der Waals surface area (Å²) in [5.41, 5.74) is 8.45. The Kier molecular flexibility index (Phi) is 4.98. The Balaban J connectivity index is 2.32. The average molecular weight is 329 g/mol. The highest BCUT2D eigenvalue weighted by Gasteiger charge is 2.26. The van der Waals surface area contributed by atoms with Crippen LogP contribution in [0.15, 0.2) is 22.7 Å². The highest BCUT2D eigenvalue weighted by atomic mass is 79.9. The molecule has 1 heterocycles. The van der Waals surface area contributed by atoms with Crippen LogP contribution in [0.2, 0.25) is 0 Å². The van der Waals surface area contributed by atoms with Gasteiger partial charge < -0.3 is 10.6 Å². The van der Waals surface area contributed by atoms with Crippen molar-refractivity contribution >= 4 is 33.4 Å². The molecule has 1 saturated heterocycles. The quantitative estimate of drug-likeness (QED) is 0.923. The highest BCUT2D eigenvalue weighted by molar-refractivity contribution is 9.10. The van der Waals surface area contributed by atoms with Gasteiger partial charge in [-0.25, -0.2) is 0 Å². The van der Waals surface area contributed by atoms with E-state index in [0.29, 0.717) is 17.8 Å². The van der Waals surface area contributed by atoms with E-state index in [4.69, 9.17) is 5.73 Å². The van der Waals surface area contributed by atoms with Crippen LogP contribution < -0.4 is 10.6 Å². The molecule has 2 unspecified atom stereocenters. The topological polar surface area (TPSA) is 29.3 Å². The molecule has 2 nitrogen and oxygen atoms in total. The van der Waals surface area contributed by atoms with Gasteiger partial charge in [0.15, 0.2) is 0 Å². The minimum absolute atomic E-state index is 0.578. The van der Waals surface area contributed by atoms with Gasteiger partial charge in [0.2, 0.25) is 0 Å². The molecule has 0 radical (unpaired) electrons. The molecular weight excluding hydrogens is 308 g/mol. The van der Waals surface area contributed by atoms with E-state index in [1.54, 1.807) is 0 Å². The van der Waals surface area contributed by atoms with Gasteiger partial charge in [-0.3, -0.25) is 0 Å². The lowest BCUT2D eigenvalue weighted by Gasteiger charge is -2.40. The van der Waals surface area contributed by atoms with Crippen LogP contribution in [-0.4, -0.2) is 30.1 Å². The summed E-state index contributed by atoms with van der Waals surface area (Å²) in [5.74, 6) is 1.21. The first-order valence-corrected chi connectivity index (χ1v) is 8.34. The fraction of sp³-hybridized carbons (Fsp3) is 0.571. The zero-order valence-corrected chi connectivity index (χ0v) is 13.4. The number of nitrogens with two attached hydrogens (primary N) is 1. The molecule has 0 bridgehead atoms. The van der Waals surface area contributed by atoms with Crippen molar-refractivity contribution in [1.29, 1.82) is 0 Å². The van der Waals surface area contributed by atoms with Gasteiger partial charge in [0, 0.05) is 33.7 Å². The number of nitrogens with zero attached hydrogens (tertiary/aromatic N) is 1. The van der Waals surface area contributed by atoms with Crippen LogP contribution in [0.4, 0.5) is 5.69 Å². The van der Waals surface area contributed by atoms with E-state index < -0.39 is 0 Å². The minimum atomic E-state index is 0.578. The number of hydrogen-bond acceptors (Lipinski definition) is 3. The van der Waals surface area contributed by atoms with E-state index in [1.165, 1.54) is 17.0 Å². The summed E-state index contributed by atoms with van der Waals surface area (Å²) in [6.07, 6.45) is 0.952. The number of benzene rings is 1. The standard InChI is InChI=1S/C14H21BrN2S/c1-10-11(2)18-8-7-17(10)14-9-13(15)4-3-12(14)5-6-16/h3-4,9-11H,5-8,16H2,1-2H3. The van der Waals surface area contributed by atoms with Crippen molar-refractivity contribution in [2.24, 2.45) is 5.73 Å². The fourth-order valence-corrected chi connectivity index (χ4v) is 3.89. The summed E-state index contributed by atoms with van der Waals surface area (Å²) >= 11 is 5.66. The molecule has 0 saturated carbocycles. The summed E-state index contributed by atoms with van der Waals surface area (Å²) in [6.45, 7) is 6.48. The number of hydrogen-bond donors (Lipinski definition) is 1. The van der Waals surface area contributed by atoms with Crippen LogP contribution in [0.5, 0.6) is 0 Å². The monoisotopic (exact) mass is 328 g/mol. The van der Waals surface area contributed by atoms with Crippen LogP contribution in [0.1, 0.15) is 19.4 Å². The molecule has 2 rings (SSSR count). The Labute approximate surface area is 122 Å². The predicted molar refractivity (Wildman–Crippen MR) is 85.6 cm³/mol. The van der Waals surface area contributed by atoms with E-state index in [1.807, 2.05) is 0 Å². The van der Waals surface area contributed by atoms with Gasteiger partial charge in [0.05, 0.1) is 0 Å². The molecule has 1 aromatic rings. The van der Waals surface area contributed by atoms with Crippen LogP contribution in [0.25, 0.3) is 0 Å². The smallest absolute Gasteiger partial charge is 0.0413 e. The van der Waals surface area contributed by atoms with Gasteiger partial charge in [-0.2, -0.15) is 11.8 Å². The first kappa shape index (κ1) is 14.2. The third kappa shape index (κ3) is 3.03. The Morgan fingerprint density at radius 2 is 2.22 bits per heavy atom. The lowest BCUT2D eigenvalue weighted by Crippen LogP contribution is -2.45. The van der Waals surface area contributed by atoms with Gasteiger partial charge in [0.1, 0.15) is 0 Å². The van der Waals surface area contributed by atoms with Crippen LogP contribution in [-0.2, 0) is 6.42 Å². The van der Waals surface area contributed by atoms with E-state index in [2.05, 4.69) is 64.6 Å². The first-order chi connectivity index (χ1) is 8.63. The zero-order valence-electron chi connectivity index (χ0n) is 11.0. The van der Waals surface area contributed by atoms with E-state index in [-0.39, 0.29) is 0 Å². The molecule has 1 aromatic carbocycles. The number of thioether (sulfide) groups is 1. The maximum atomic E-state index is 5.72. The van der Waals surface area contributed by atoms with Gasteiger partial charge in [0.25, 0.3) is 0 Å². The molecule has 100 valence electrons. The van der Waals surface area contributed by atoms with Gasteiger partial charge in [-0.1, -0.05) is 28.9 Å². The Hall–Kier alpha value is -0.190. The lowest BCUT2D eigenvalue weighted by atomic mass is 10.1. The molecular formula is C14H21BrN2S.